The van der Waals surface area contributed by atoms with Crippen molar-refractivity contribution >= 4 is 17.1 Å². The molecule has 0 bridgehead atoms. The molecule has 0 saturated carbocycles. The van der Waals surface area contributed by atoms with Gasteiger partial charge in [0.2, 0.25) is 0 Å². The van der Waals surface area contributed by atoms with Crippen molar-refractivity contribution in [3.63, 3.8) is 0 Å². The molecule has 0 aliphatic rings. The third-order valence-electron chi connectivity index (χ3n) is 2.74. The quantitative estimate of drug-likeness (QED) is 0.795. The number of hydrogen-bond donors (Lipinski definition) is 0. The second-order valence-corrected chi connectivity index (χ2v) is 5.64. The van der Waals surface area contributed by atoms with Crippen molar-refractivity contribution in [3.05, 3.63) is 51.5 Å². The molecule has 0 spiro atoms. The lowest BCUT2D eigenvalue weighted by Crippen LogP contribution is -2.26. The molecule has 20 heavy (non-hydrogen) atoms. The zero-order valence-electron chi connectivity index (χ0n) is 11.2. The molecule has 0 atom stereocenters. The molecular weight excluding hydrogens is 282 g/mol. The Balaban J connectivity index is 2.02. The molecule has 2 aromatic rings. The summed E-state index contributed by atoms with van der Waals surface area (Å²) in [4.78, 5) is 18.0. The third kappa shape index (κ3) is 3.68. The van der Waals surface area contributed by atoms with Gasteiger partial charge in [0.1, 0.15) is 11.6 Å². The number of benzene rings is 1. The van der Waals surface area contributed by atoms with Gasteiger partial charge < -0.3 is 0 Å². The summed E-state index contributed by atoms with van der Waals surface area (Å²) in [5.74, 6) is -1.77. The highest BCUT2D eigenvalue weighted by Crippen LogP contribution is 2.13. The molecule has 1 aromatic carbocycles. The third-order valence-corrected chi connectivity index (χ3v) is 3.56. The molecule has 6 heteroatoms. The summed E-state index contributed by atoms with van der Waals surface area (Å²) in [6, 6.07) is 2.89. The Labute approximate surface area is 119 Å². The van der Waals surface area contributed by atoms with Gasteiger partial charge in [-0.3, -0.25) is 9.69 Å². The van der Waals surface area contributed by atoms with E-state index in [1.54, 1.807) is 11.9 Å². The first-order valence-corrected chi connectivity index (χ1v) is 6.91. The van der Waals surface area contributed by atoms with Gasteiger partial charge in [-0.25, -0.2) is 13.8 Å². The normalized spacial score (nSPS) is 11.1. The number of aryl methyl sites for hydroxylation is 1. The number of Topliss-reactive ketones (excluding diaryl/α,β-unsaturated/α-hetero) is 1. The van der Waals surface area contributed by atoms with Crippen molar-refractivity contribution < 1.29 is 13.6 Å². The lowest BCUT2D eigenvalue weighted by atomic mass is 10.1. The summed E-state index contributed by atoms with van der Waals surface area (Å²) in [5, 5.41) is 2.87. The predicted molar refractivity (Wildman–Crippen MR) is 73.9 cm³/mol. The SMILES string of the molecule is Cc1nc(CN(C)CC(=O)c2cc(F)ccc2F)cs1. The number of aromatic nitrogens is 1. The second kappa shape index (κ2) is 6.19. The highest BCUT2D eigenvalue weighted by molar-refractivity contribution is 7.09. The lowest BCUT2D eigenvalue weighted by molar-refractivity contribution is 0.0938. The smallest absolute Gasteiger partial charge is 0.179 e. The van der Waals surface area contributed by atoms with E-state index in [4.69, 9.17) is 0 Å². The van der Waals surface area contributed by atoms with E-state index in [9.17, 15) is 13.6 Å². The molecule has 0 aliphatic carbocycles. The van der Waals surface area contributed by atoms with Crippen LogP contribution in [0.3, 0.4) is 0 Å². The van der Waals surface area contributed by atoms with Gasteiger partial charge in [-0.2, -0.15) is 0 Å². The van der Waals surface area contributed by atoms with Crippen LogP contribution >= 0.6 is 11.3 Å². The molecule has 0 unspecified atom stereocenters. The molecule has 0 N–H and O–H groups in total. The van der Waals surface area contributed by atoms with Crippen LogP contribution in [0.5, 0.6) is 0 Å². The van der Waals surface area contributed by atoms with Crippen LogP contribution < -0.4 is 0 Å². The molecule has 0 saturated heterocycles. The Morgan fingerprint density at radius 3 is 2.80 bits per heavy atom. The van der Waals surface area contributed by atoms with Gasteiger partial charge in [0.25, 0.3) is 0 Å². The Hall–Kier alpha value is -1.66. The molecule has 3 nitrogen and oxygen atoms in total. The maximum absolute atomic E-state index is 13.5. The number of rotatable bonds is 5. The van der Waals surface area contributed by atoms with Crippen molar-refractivity contribution in [3.8, 4) is 0 Å². The van der Waals surface area contributed by atoms with Gasteiger partial charge in [0, 0.05) is 11.9 Å². The number of nitrogens with zero attached hydrogens (tertiary/aromatic N) is 2. The van der Waals surface area contributed by atoms with E-state index in [0.717, 1.165) is 28.9 Å². The fourth-order valence-electron chi connectivity index (χ4n) is 1.85. The molecule has 0 fully saturated rings. The summed E-state index contributed by atoms with van der Waals surface area (Å²) >= 11 is 1.53. The predicted octanol–water partition coefficient (Wildman–Crippen LogP) is 3.04. The minimum Gasteiger partial charge on any atom is -0.293 e. The second-order valence-electron chi connectivity index (χ2n) is 4.58. The van der Waals surface area contributed by atoms with Gasteiger partial charge in [-0.05, 0) is 32.2 Å². The maximum Gasteiger partial charge on any atom is 0.179 e. The first kappa shape index (κ1) is 14.7. The van der Waals surface area contributed by atoms with Crippen molar-refractivity contribution in [2.45, 2.75) is 13.5 Å². The number of carbonyl (C=O) groups excluding carboxylic acids is 1. The van der Waals surface area contributed by atoms with E-state index >= 15 is 0 Å². The fourth-order valence-corrected chi connectivity index (χ4v) is 2.46. The van der Waals surface area contributed by atoms with Crippen molar-refractivity contribution in [2.75, 3.05) is 13.6 Å². The Bertz CT molecular complexity index is 627. The fraction of sp³-hybridized carbons (Fsp3) is 0.286. The molecule has 106 valence electrons. The van der Waals surface area contributed by atoms with Crippen molar-refractivity contribution in [2.24, 2.45) is 0 Å². The number of hydrogen-bond acceptors (Lipinski definition) is 4. The van der Waals surface area contributed by atoms with E-state index in [1.165, 1.54) is 11.3 Å². The lowest BCUT2D eigenvalue weighted by Gasteiger charge is -2.14. The molecule has 0 aliphatic heterocycles. The Kier molecular flexibility index (Phi) is 4.57. The van der Waals surface area contributed by atoms with E-state index < -0.39 is 17.4 Å². The van der Waals surface area contributed by atoms with Gasteiger partial charge in [-0.1, -0.05) is 0 Å². The highest BCUT2D eigenvalue weighted by Gasteiger charge is 2.15. The maximum atomic E-state index is 13.5. The topological polar surface area (TPSA) is 33.2 Å². The minimum absolute atomic E-state index is 0.0109. The molecule has 1 heterocycles. The summed E-state index contributed by atoms with van der Waals surface area (Å²) in [6.45, 7) is 2.41. The Morgan fingerprint density at radius 1 is 1.40 bits per heavy atom. The first-order valence-electron chi connectivity index (χ1n) is 6.03. The van der Waals surface area contributed by atoms with Crippen LogP contribution in [0, 0.1) is 18.6 Å². The number of halogens is 2. The van der Waals surface area contributed by atoms with Crippen LogP contribution in [0.2, 0.25) is 0 Å². The Morgan fingerprint density at radius 2 is 2.15 bits per heavy atom. The zero-order valence-corrected chi connectivity index (χ0v) is 12.0. The number of ketones is 1. The van der Waals surface area contributed by atoms with E-state index in [1.807, 2.05) is 12.3 Å². The van der Waals surface area contributed by atoms with Crippen molar-refractivity contribution in [1.82, 2.24) is 9.88 Å². The van der Waals surface area contributed by atoms with Gasteiger partial charge >= 0.3 is 0 Å². The molecular formula is C14H14F2N2OS. The van der Waals surface area contributed by atoms with E-state index in [2.05, 4.69) is 4.98 Å². The van der Waals surface area contributed by atoms with Crippen LogP contribution in [0.15, 0.2) is 23.6 Å². The summed E-state index contributed by atoms with van der Waals surface area (Å²) in [5.41, 5.74) is 0.647. The minimum atomic E-state index is -0.700. The van der Waals surface area contributed by atoms with E-state index in [-0.39, 0.29) is 12.1 Å². The number of carbonyl (C=O) groups is 1. The summed E-state index contributed by atoms with van der Waals surface area (Å²) in [7, 11) is 1.74. The molecule has 2 rings (SSSR count). The van der Waals surface area contributed by atoms with Crippen LogP contribution in [-0.4, -0.2) is 29.3 Å². The average Bonchev–Trinajstić information content (AvgIpc) is 2.77. The van der Waals surface area contributed by atoms with Crippen LogP contribution in [0.4, 0.5) is 8.78 Å². The molecule has 1 aromatic heterocycles. The summed E-state index contributed by atoms with van der Waals surface area (Å²) in [6.07, 6.45) is 0. The zero-order chi connectivity index (χ0) is 14.7. The van der Waals surface area contributed by atoms with Crippen LogP contribution in [-0.2, 0) is 6.54 Å². The largest absolute Gasteiger partial charge is 0.293 e. The molecule has 0 radical (unpaired) electrons. The number of likely N-dealkylation sites (N-methyl/N-ethyl adjacent to an activating group) is 1. The van der Waals surface area contributed by atoms with Crippen LogP contribution in [0.1, 0.15) is 21.1 Å². The standard InChI is InChI=1S/C14H14F2N2OS/c1-9-17-11(8-20-9)6-18(2)7-14(19)12-5-10(15)3-4-13(12)16/h3-5,8H,6-7H2,1-2H3. The van der Waals surface area contributed by atoms with Crippen molar-refractivity contribution in [1.29, 1.82) is 0 Å². The highest BCUT2D eigenvalue weighted by atomic mass is 32.1. The van der Waals surface area contributed by atoms with Gasteiger partial charge in [-0.15, -0.1) is 11.3 Å². The molecule has 0 amide bonds. The average molecular weight is 296 g/mol. The number of thiazole rings is 1. The van der Waals surface area contributed by atoms with Gasteiger partial charge in [0.15, 0.2) is 5.78 Å². The van der Waals surface area contributed by atoms with Crippen LogP contribution in [0.25, 0.3) is 0 Å². The first-order chi connectivity index (χ1) is 9.45. The van der Waals surface area contributed by atoms with E-state index in [0.29, 0.717) is 6.54 Å². The monoisotopic (exact) mass is 296 g/mol. The van der Waals surface area contributed by atoms with Gasteiger partial charge in [0.05, 0.1) is 22.8 Å². The summed E-state index contributed by atoms with van der Waals surface area (Å²) < 4.78 is 26.5.